The van der Waals surface area contributed by atoms with Gasteiger partial charge in [0.15, 0.2) is 0 Å². The van der Waals surface area contributed by atoms with Crippen LogP contribution in [0.15, 0.2) is 0 Å². The Morgan fingerprint density at radius 1 is 1.36 bits per heavy atom. The molecule has 0 spiro atoms. The molecule has 1 fully saturated rings. The third-order valence-electron chi connectivity index (χ3n) is 1.92. The van der Waals surface area contributed by atoms with Gasteiger partial charge in [-0.1, -0.05) is 18.9 Å². The summed E-state index contributed by atoms with van der Waals surface area (Å²) in [6.45, 7) is 4.41. The molecule has 1 unspecified atom stereocenters. The van der Waals surface area contributed by atoms with E-state index in [2.05, 4.69) is 10.6 Å². The molecular weight excluding hydrogens is 259 g/mol. The zero-order valence-corrected chi connectivity index (χ0v) is 11.3. The molecule has 81 valence electrons. The third kappa shape index (κ3) is 8.21. The second-order valence-electron chi connectivity index (χ2n) is 2.92. The minimum atomic E-state index is -0.0391. The number of Topliss-reactive ketones (excluding diaryl/α,β-unsaturated/α-hetero) is 1. The van der Waals surface area contributed by atoms with Crippen molar-refractivity contribution in [2.75, 3.05) is 19.6 Å². The van der Waals surface area contributed by atoms with Gasteiger partial charge in [-0.2, -0.15) is 0 Å². The maximum Gasteiger partial charge on any atom is 3.00 e. The fourth-order valence-corrected chi connectivity index (χ4v) is 1.24. The molecule has 1 rings (SSSR count). The first kappa shape index (κ1) is 20.3. The van der Waals surface area contributed by atoms with Gasteiger partial charge in [-0.3, -0.25) is 0 Å². The molecule has 0 aromatic rings. The average Bonchev–Trinajstić information content (AvgIpc) is 1.84. The van der Waals surface area contributed by atoms with Gasteiger partial charge in [0, 0.05) is 0 Å². The summed E-state index contributed by atoms with van der Waals surface area (Å²) in [4.78, 5) is 10.9. The summed E-state index contributed by atoms with van der Waals surface area (Å²) in [5, 5.41) is 7.55. The summed E-state index contributed by atoms with van der Waals surface area (Å²) < 4.78 is 0. The van der Waals surface area contributed by atoms with Gasteiger partial charge in [-0.15, -0.1) is 6.54 Å². The molecular formula is C8H15Cl2N2OTi. The van der Waals surface area contributed by atoms with E-state index in [-0.39, 0.29) is 58.4 Å². The van der Waals surface area contributed by atoms with Crippen molar-refractivity contribution < 1.29 is 51.3 Å². The molecule has 0 saturated carbocycles. The number of nitrogens with zero attached hydrogens (tertiary/aromatic N) is 1. The van der Waals surface area contributed by atoms with E-state index in [4.69, 9.17) is 0 Å². The first-order valence-corrected chi connectivity index (χ1v) is 4.18. The van der Waals surface area contributed by atoms with Gasteiger partial charge in [-0.05, 0) is 20.0 Å². The number of carbonyl (C=O) groups excluding carboxylic acids is 1. The summed E-state index contributed by atoms with van der Waals surface area (Å²) in [5.74, 6) is 0.203. The molecule has 1 N–H and O–H groups in total. The van der Waals surface area contributed by atoms with E-state index in [1.807, 2.05) is 0 Å². The summed E-state index contributed by atoms with van der Waals surface area (Å²) >= 11 is 0. The first-order chi connectivity index (χ1) is 5.30. The summed E-state index contributed by atoms with van der Waals surface area (Å²) in [6, 6.07) is -0.0391. The number of hydrogen-bond donors (Lipinski definition) is 1. The molecule has 1 aliphatic rings. The molecule has 1 aliphatic heterocycles. The van der Waals surface area contributed by atoms with Crippen LogP contribution in [0.2, 0.25) is 0 Å². The van der Waals surface area contributed by atoms with Crippen LogP contribution in [0, 0.1) is 0 Å². The van der Waals surface area contributed by atoms with Crippen molar-refractivity contribution in [1.29, 1.82) is 0 Å². The van der Waals surface area contributed by atoms with E-state index in [1.165, 1.54) is 0 Å². The maximum absolute atomic E-state index is 10.9. The number of rotatable bonds is 1. The number of ketones is 1. The second kappa shape index (κ2) is 12.0. The van der Waals surface area contributed by atoms with Crippen molar-refractivity contribution in [3.05, 3.63) is 5.32 Å². The molecule has 6 heteroatoms. The molecule has 1 saturated heterocycles. The van der Waals surface area contributed by atoms with Gasteiger partial charge >= 0.3 is 21.7 Å². The average molecular weight is 274 g/mol. The van der Waals surface area contributed by atoms with Crippen molar-refractivity contribution in [2.24, 2.45) is 0 Å². The molecule has 1 radical (unpaired) electrons. The standard InChI is InChI=1S/C8H15N2O.2ClH.Ti/c1-7(11)8-3-6-9-4-2-5-10-8;;;/h8-9H,2-6H2,1H3;2*1H;/q-1;;;+3/p-2. The van der Waals surface area contributed by atoms with Crippen LogP contribution in [0.5, 0.6) is 0 Å². The number of nitrogens with one attached hydrogen (secondary N) is 1. The Labute approximate surface area is 113 Å². The van der Waals surface area contributed by atoms with Crippen molar-refractivity contribution in [3.63, 3.8) is 0 Å². The monoisotopic (exact) mass is 273 g/mol. The van der Waals surface area contributed by atoms with Crippen molar-refractivity contribution in [2.45, 2.75) is 25.8 Å². The third-order valence-corrected chi connectivity index (χ3v) is 1.92. The van der Waals surface area contributed by atoms with E-state index in [9.17, 15) is 4.79 Å². The molecule has 0 aliphatic carbocycles. The Hall–Kier alpha value is 0.884. The van der Waals surface area contributed by atoms with Crippen LogP contribution in [0.3, 0.4) is 0 Å². The molecule has 1 atom stereocenters. The zero-order valence-electron chi connectivity index (χ0n) is 8.22. The first-order valence-electron chi connectivity index (χ1n) is 4.18. The molecule has 0 aromatic carbocycles. The maximum atomic E-state index is 10.9. The minimum Gasteiger partial charge on any atom is -1.00 e. The van der Waals surface area contributed by atoms with E-state index in [0.29, 0.717) is 0 Å². The summed E-state index contributed by atoms with van der Waals surface area (Å²) in [6.07, 6.45) is 1.93. The summed E-state index contributed by atoms with van der Waals surface area (Å²) in [7, 11) is 0. The molecule has 3 nitrogen and oxygen atoms in total. The Morgan fingerprint density at radius 3 is 2.57 bits per heavy atom. The van der Waals surface area contributed by atoms with Crippen molar-refractivity contribution in [1.82, 2.24) is 5.32 Å². The Balaban J connectivity index is -0.000000403. The largest absolute Gasteiger partial charge is 3.00 e. The smallest absolute Gasteiger partial charge is 1.00 e. The molecule has 14 heavy (non-hydrogen) atoms. The Kier molecular flexibility index (Phi) is 17.3. The normalized spacial score (nSPS) is 21.4. The van der Waals surface area contributed by atoms with E-state index < -0.39 is 0 Å². The fraction of sp³-hybridized carbons (Fsp3) is 0.875. The van der Waals surface area contributed by atoms with E-state index in [1.54, 1.807) is 6.92 Å². The molecule has 1 heterocycles. The molecule has 0 amide bonds. The van der Waals surface area contributed by atoms with Crippen LogP contribution in [0.4, 0.5) is 0 Å². The van der Waals surface area contributed by atoms with Crippen molar-refractivity contribution >= 4 is 5.78 Å². The van der Waals surface area contributed by atoms with Gasteiger partial charge in [0.25, 0.3) is 0 Å². The fourth-order valence-electron chi connectivity index (χ4n) is 1.24. The van der Waals surface area contributed by atoms with E-state index in [0.717, 1.165) is 32.5 Å². The SMILES string of the molecule is CC(=O)C1CCNCCC[N-]1.[Cl-].[Cl-].[Ti+3]. The minimum absolute atomic E-state index is 0. The quantitative estimate of drug-likeness (QED) is 0.485. The molecule has 0 aromatic heterocycles. The van der Waals surface area contributed by atoms with Crippen molar-refractivity contribution in [3.8, 4) is 0 Å². The number of carbonyl (C=O) groups is 1. The second-order valence-corrected chi connectivity index (χ2v) is 2.92. The van der Waals surface area contributed by atoms with Crippen LogP contribution in [0.1, 0.15) is 19.8 Å². The van der Waals surface area contributed by atoms with Crippen LogP contribution < -0.4 is 30.1 Å². The van der Waals surface area contributed by atoms with Gasteiger partial charge in [0.1, 0.15) is 5.78 Å². The Morgan fingerprint density at radius 2 is 2.00 bits per heavy atom. The van der Waals surface area contributed by atoms with Crippen LogP contribution >= 0.6 is 0 Å². The number of halogens is 2. The zero-order chi connectivity index (χ0) is 8.10. The topological polar surface area (TPSA) is 43.2 Å². The van der Waals surface area contributed by atoms with Gasteiger partial charge in [0.05, 0.1) is 0 Å². The van der Waals surface area contributed by atoms with Crippen LogP contribution in [-0.4, -0.2) is 31.5 Å². The summed E-state index contributed by atoms with van der Waals surface area (Å²) in [5.41, 5.74) is 0. The predicted molar refractivity (Wildman–Crippen MR) is 44.8 cm³/mol. The van der Waals surface area contributed by atoms with Gasteiger partial charge in [-0.25, -0.2) is 0 Å². The van der Waals surface area contributed by atoms with Gasteiger partial charge < -0.3 is 40.2 Å². The number of hydrogen-bond acceptors (Lipinski definition) is 2. The van der Waals surface area contributed by atoms with E-state index >= 15 is 0 Å². The predicted octanol–water partition coefficient (Wildman–Crippen LogP) is -5.29. The van der Waals surface area contributed by atoms with Gasteiger partial charge in [0.2, 0.25) is 0 Å². The molecule has 0 bridgehead atoms. The van der Waals surface area contributed by atoms with Crippen LogP contribution in [-0.2, 0) is 26.5 Å². The van der Waals surface area contributed by atoms with Crippen LogP contribution in [0.25, 0.3) is 5.32 Å². The Bertz CT molecular complexity index is 141.